The predicted molar refractivity (Wildman–Crippen MR) is 63.6 cm³/mol. The highest BCUT2D eigenvalue weighted by Gasteiger charge is 2.20. The van der Waals surface area contributed by atoms with E-state index in [4.69, 9.17) is 0 Å². The Bertz CT molecular complexity index is 587. The molecule has 0 saturated heterocycles. The van der Waals surface area contributed by atoms with Crippen molar-refractivity contribution < 1.29 is 13.6 Å². The van der Waals surface area contributed by atoms with Crippen molar-refractivity contribution in [3.63, 3.8) is 0 Å². The van der Waals surface area contributed by atoms with Gasteiger partial charge in [-0.2, -0.15) is 0 Å². The van der Waals surface area contributed by atoms with Crippen LogP contribution in [0.5, 0.6) is 0 Å². The third kappa shape index (κ3) is 2.00. The van der Waals surface area contributed by atoms with Crippen molar-refractivity contribution in [2.24, 2.45) is 0 Å². The van der Waals surface area contributed by atoms with Gasteiger partial charge in [0.25, 0.3) is 0 Å². The molecule has 2 rings (SSSR count). The van der Waals surface area contributed by atoms with Crippen LogP contribution in [0.15, 0.2) is 23.6 Å². The summed E-state index contributed by atoms with van der Waals surface area (Å²) in [4.78, 5) is 12.5. The number of thiophene rings is 1. The Morgan fingerprint density at radius 2 is 1.76 bits per heavy atom. The molecule has 0 N–H and O–H groups in total. The van der Waals surface area contributed by atoms with E-state index in [-0.39, 0.29) is 11.1 Å². The lowest BCUT2D eigenvalue weighted by molar-refractivity contribution is 0.103. The average molecular weight is 252 g/mol. The maximum absolute atomic E-state index is 13.6. The van der Waals surface area contributed by atoms with Gasteiger partial charge in [-0.05, 0) is 42.5 Å². The van der Waals surface area contributed by atoms with E-state index in [1.807, 2.05) is 0 Å². The first-order valence-electron chi connectivity index (χ1n) is 5.05. The molecule has 0 aliphatic rings. The van der Waals surface area contributed by atoms with Crippen molar-refractivity contribution >= 4 is 17.1 Å². The van der Waals surface area contributed by atoms with Crippen molar-refractivity contribution in [1.82, 2.24) is 0 Å². The first kappa shape index (κ1) is 11.9. The van der Waals surface area contributed by atoms with Gasteiger partial charge in [-0.15, -0.1) is 11.3 Å². The summed E-state index contributed by atoms with van der Waals surface area (Å²) in [6.45, 7) is 3.23. The molecule has 4 heteroatoms. The summed E-state index contributed by atoms with van der Waals surface area (Å²) in [5.41, 5.74) is 0.765. The van der Waals surface area contributed by atoms with Crippen LogP contribution in [0.2, 0.25) is 0 Å². The normalized spacial score (nSPS) is 10.6. The Morgan fingerprint density at radius 1 is 1.06 bits per heavy atom. The first-order valence-corrected chi connectivity index (χ1v) is 5.93. The van der Waals surface area contributed by atoms with Crippen molar-refractivity contribution in [3.8, 4) is 0 Å². The zero-order valence-corrected chi connectivity index (χ0v) is 10.2. The highest BCUT2D eigenvalue weighted by molar-refractivity contribution is 7.12. The number of halogens is 2. The van der Waals surface area contributed by atoms with Crippen molar-refractivity contribution in [2.45, 2.75) is 13.8 Å². The zero-order chi connectivity index (χ0) is 12.6. The van der Waals surface area contributed by atoms with Crippen LogP contribution in [0.4, 0.5) is 8.78 Å². The molecule has 0 saturated carbocycles. The molecule has 0 atom stereocenters. The Hall–Kier alpha value is -1.55. The third-order valence-corrected chi connectivity index (χ3v) is 3.60. The Balaban J connectivity index is 2.53. The van der Waals surface area contributed by atoms with E-state index < -0.39 is 17.4 Å². The topological polar surface area (TPSA) is 17.1 Å². The van der Waals surface area contributed by atoms with Gasteiger partial charge < -0.3 is 0 Å². The van der Waals surface area contributed by atoms with Crippen LogP contribution >= 0.6 is 11.3 Å². The molecule has 1 nitrogen and oxygen atoms in total. The summed E-state index contributed by atoms with van der Waals surface area (Å²) >= 11 is 1.23. The van der Waals surface area contributed by atoms with E-state index in [9.17, 15) is 13.6 Å². The van der Waals surface area contributed by atoms with E-state index in [1.165, 1.54) is 30.4 Å². The van der Waals surface area contributed by atoms with E-state index in [0.717, 1.165) is 5.56 Å². The van der Waals surface area contributed by atoms with Crippen molar-refractivity contribution in [3.05, 3.63) is 56.8 Å². The number of carbonyl (C=O) groups is 1. The minimum Gasteiger partial charge on any atom is -0.288 e. The number of rotatable bonds is 2. The quantitative estimate of drug-likeness (QED) is 0.741. The molecule has 0 radical (unpaired) electrons. The Kier molecular flexibility index (Phi) is 3.07. The van der Waals surface area contributed by atoms with Crippen LogP contribution in [0, 0.1) is 25.5 Å². The molecule has 17 heavy (non-hydrogen) atoms. The smallest absolute Gasteiger partial charge is 0.206 e. The Labute approximate surface area is 102 Å². The van der Waals surface area contributed by atoms with E-state index in [0.29, 0.717) is 4.88 Å². The lowest BCUT2D eigenvalue weighted by Crippen LogP contribution is -2.06. The van der Waals surface area contributed by atoms with E-state index in [1.54, 1.807) is 18.4 Å². The molecule has 0 spiro atoms. The van der Waals surface area contributed by atoms with Gasteiger partial charge in [0.2, 0.25) is 5.78 Å². The molecule has 0 amide bonds. The molecule has 0 aliphatic heterocycles. The third-order valence-electron chi connectivity index (χ3n) is 2.59. The van der Waals surface area contributed by atoms with Crippen LogP contribution in [0.3, 0.4) is 0 Å². The van der Waals surface area contributed by atoms with Crippen molar-refractivity contribution in [2.75, 3.05) is 0 Å². The zero-order valence-electron chi connectivity index (χ0n) is 9.38. The number of hydrogen-bond donors (Lipinski definition) is 0. The highest BCUT2D eigenvalue weighted by Crippen LogP contribution is 2.23. The summed E-state index contributed by atoms with van der Waals surface area (Å²) < 4.78 is 27.0. The molecule has 1 aromatic heterocycles. The summed E-state index contributed by atoms with van der Waals surface area (Å²) in [6, 6.07) is 4.52. The Morgan fingerprint density at radius 3 is 2.35 bits per heavy atom. The number of benzene rings is 1. The predicted octanol–water partition coefficient (Wildman–Crippen LogP) is 3.87. The monoisotopic (exact) mass is 252 g/mol. The minimum absolute atomic E-state index is 0.196. The highest BCUT2D eigenvalue weighted by atomic mass is 32.1. The van der Waals surface area contributed by atoms with Gasteiger partial charge in [0.1, 0.15) is 0 Å². The number of carbonyl (C=O) groups excluding carboxylic acids is 1. The van der Waals surface area contributed by atoms with Crippen molar-refractivity contribution in [1.29, 1.82) is 0 Å². The SMILES string of the molecule is Cc1ccsc1C(=O)c1ccc(C)c(F)c1F. The second-order valence-corrected chi connectivity index (χ2v) is 4.74. The van der Waals surface area contributed by atoms with Gasteiger partial charge in [0.05, 0.1) is 10.4 Å². The molecule has 1 heterocycles. The summed E-state index contributed by atoms with van der Waals surface area (Å²) in [6.07, 6.45) is 0. The fourth-order valence-electron chi connectivity index (χ4n) is 1.55. The van der Waals surface area contributed by atoms with Gasteiger partial charge in [-0.25, -0.2) is 8.78 Å². The maximum Gasteiger partial charge on any atom is 0.206 e. The second-order valence-electron chi connectivity index (χ2n) is 3.82. The second kappa shape index (κ2) is 4.37. The molecule has 0 bridgehead atoms. The largest absolute Gasteiger partial charge is 0.288 e. The molecular weight excluding hydrogens is 242 g/mol. The lowest BCUT2D eigenvalue weighted by atomic mass is 10.0. The summed E-state index contributed by atoms with van der Waals surface area (Å²) in [5, 5.41) is 1.75. The number of aryl methyl sites for hydroxylation is 2. The van der Waals surface area contributed by atoms with Crippen LogP contribution < -0.4 is 0 Å². The maximum atomic E-state index is 13.6. The fraction of sp³-hybridized carbons (Fsp3) is 0.154. The lowest BCUT2D eigenvalue weighted by Gasteiger charge is -2.04. The van der Waals surface area contributed by atoms with E-state index in [2.05, 4.69) is 0 Å². The fourth-order valence-corrected chi connectivity index (χ4v) is 2.43. The van der Waals surface area contributed by atoms with Gasteiger partial charge in [0.15, 0.2) is 11.6 Å². The van der Waals surface area contributed by atoms with Crippen LogP contribution in [0.1, 0.15) is 26.4 Å². The molecule has 1 aromatic carbocycles. The standard InChI is InChI=1S/C13H10F2OS/c1-7-3-4-9(11(15)10(7)14)12(16)13-8(2)5-6-17-13/h3-6H,1-2H3. The van der Waals surface area contributed by atoms with Gasteiger partial charge >= 0.3 is 0 Å². The summed E-state index contributed by atoms with van der Waals surface area (Å²) in [7, 11) is 0. The van der Waals surface area contributed by atoms with Crippen LogP contribution in [-0.2, 0) is 0 Å². The molecule has 88 valence electrons. The van der Waals surface area contributed by atoms with Crippen LogP contribution in [-0.4, -0.2) is 5.78 Å². The molecular formula is C13H10F2OS. The molecule has 0 aliphatic carbocycles. The van der Waals surface area contributed by atoms with E-state index >= 15 is 0 Å². The number of hydrogen-bond acceptors (Lipinski definition) is 2. The summed E-state index contributed by atoms with van der Waals surface area (Å²) in [5.74, 6) is -2.48. The average Bonchev–Trinajstić information content (AvgIpc) is 2.72. The van der Waals surface area contributed by atoms with Gasteiger partial charge in [-0.3, -0.25) is 4.79 Å². The minimum atomic E-state index is -1.07. The van der Waals surface area contributed by atoms with Gasteiger partial charge in [0, 0.05) is 0 Å². The first-order chi connectivity index (χ1) is 8.02. The van der Waals surface area contributed by atoms with Gasteiger partial charge in [-0.1, -0.05) is 6.07 Å². The molecule has 0 unspecified atom stereocenters. The van der Waals surface area contributed by atoms with Crippen LogP contribution in [0.25, 0.3) is 0 Å². The molecule has 0 fully saturated rings. The number of ketones is 1. The molecule has 2 aromatic rings.